The van der Waals surface area contributed by atoms with E-state index in [0.29, 0.717) is 10.8 Å². The van der Waals surface area contributed by atoms with Crippen molar-refractivity contribution >= 4 is 11.6 Å². The van der Waals surface area contributed by atoms with Gasteiger partial charge in [0.1, 0.15) is 18.5 Å². The largest absolute Gasteiger partial charge is 0.489 e. The molecule has 0 aliphatic carbocycles. The molecule has 108 valence electrons. The Balaban J connectivity index is 2.61. The molecule has 4 nitrogen and oxygen atoms in total. The number of methoxy groups -OCH3 is 1. The summed E-state index contributed by atoms with van der Waals surface area (Å²) in [6, 6.07) is 5.92. The number of halogens is 1. The van der Waals surface area contributed by atoms with Crippen molar-refractivity contribution in [1.82, 2.24) is 5.32 Å². The van der Waals surface area contributed by atoms with Crippen molar-refractivity contribution in [3.05, 3.63) is 28.8 Å². The maximum atomic E-state index is 9.51. The molecular weight excluding hydrogens is 266 g/mol. The first kappa shape index (κ1) is 16.2. The number of hydrogen-bond donors (Lipinski definition) is 2. The Morgan fingerprint density at radius 1 is 1.37 bits per heavy atom. The molecule has 19 heavy (non-hydrogen) atoms. The first-order valence-electron chi connectivity index (χ1n) is 6.41. The average Bonchev–Trinajstić information content (AvgIpc) is 2.38. The lowest BCUT2D eigenvalue weighted by molar-refractivity contribution is 0.0326. The smallest absolute Gasteiger partial charge is 0.138 e. The Morgan fingerprint density at radius 2 is 2.11 bits per heavy atom. The van der Waals surface area contributed by atoms with Crippen LogP contribution in [0.2, 0.25) is 5.02 Å². The minimum absolute atomic E-state index is 0.162. The quantitative estimate of drug-likeness (QED) is 0.771. The third-order valence-electron chi connectivity index (χ3n) is 2.76. The van der Waals surface area contributed by atoms with Crippen molar-refractivity contribution in [3.8, 4) is 5.75 Å². The number of hydrogen-bond acceptors (Lipinski definition) is 4. The maximum absolute atomic E-state index is 9.51. The minimum atomic E-state index is -0.651. The van der Waals surface area contributed by atoms with Gasteiger partial charge in [-0.3, -0.25) is 0 Å². The molecule has 2 unspecified atom stereocenters. The van der Waals surface area contributed by atoms with Crippen molar-refractivity contribution in [2.24, 2.45) is 0 Å². The van der Waals surface area contributed by atoms with Gasteiger partial charge in [-0.2, -0.15) is 0 Å². The number of rotatable bonds is 8. The summed E-state index contributed by atoms with van der Waals surface area (Å²) in [4.78, 5) is 0. The molecule has 0 radical (unpaired) electrons. The first-order chi connectivity index (χ1) is 9.08. The van der Waals surface area contributed by atoms with Crippen LogP contribution >= 0.6 is 11.6 Å². The molecule has 0 bridgehead atoms. The van der Waals surface area contributed by atoms with E-state index >= 15 is 0 Å². The molecule has 0 amide bonds. The zero-order chi connectivity index (χ0) is 14.3. The van der Waals surface area contributed by atoms with Crippen LogP contribution in [0.1, 0.15) is 25.5 Å². The van der Waals surface area contributed by atoms with Crippen LogP contribution in [0.3, 0.4) is 0 Å². The van der Waals surface area contributed by atoms with Crippen LogP contribution in [-0.2, 0) is 4.74 Å². The number of nitrogens with one attached hydrogen (secondary N) is 1. The predicted molar refractivity (Wildman–Crippen MR) is 76.9 cm³/mol. The number of aliphatic hydroxyl groups excluding tert-OH is 1. The van der Waals surface area contributed by atoms with Gasteiger partial charge in [0.15, 0.2) is 0 Å². The number of aliphatic hydroxyl groups is 1. The zero-order valence-corrected chi connectivity index (χ0v) is 12.4. The third-order valence-corrected chi connectivity index (χ3v) is 3.05. The van der Waals surface area contributed by atoms with Gasteiger partial charge in [0.2, 0.25) is 0 Å². The zero-order valence-electron chi connectivity index (χ0n) is 11.6. The van der Waals surface area contributed by atoms with Crippen LogP contribution in [0.15, 0.2) is 18.2 Å². The monoisotopic (exact) mass is 287 g/mol. The molecule has 0 spiro atoms. The average molecular weight is 288 g/mol. The van der Waals surface area contributed by atoms with E-state index in [2.05, 4.69) is 19.2 Å². The second-order valence-electron chi connectivity index (χ2n) is 4.39. The molecular formula is C14H22ClNO3. The number of ether oxygens (including phenoxy) is 2. The van der Waals surface area contributed by atoms with Gasteiger partial charge in [0.25, 0.3) is 0 Å². The van der Waals surface area contributed by atoms with E-state index in [1.54, 1.807) is 0 Å². The van der Waals surface area contributed by atoms with Crippen LogP contribution in [0, 0.1) is 0 Å². The molecule has 1 rings (SSSR count). The van der Waals surface area contributed by atoms with E-state index in [0.717, 1.165) is 12.1 Å². The molecule has 0 aliphatic rings. The van der Waals surface area contributed by atoms with E-state index in [1.165, 1.54) is 7.11 Å². The van der Waals surface area contributed by atoms with Gasteiger partial charge in [0.05, 0.1) is 11.6 Å². The molecule has 2 atom stereocenters. The molecule has 5 heteroatoms. The summed E-state index contributed by atoms with van der Waals surface area (Å²) >= 11 is 6.17. The van der Waals surface area contributed by atoms with Gasteiger partial charge >= 0.3 is 0 Å². The summed E-state index contributed by atoms with van der Waals surface area (Å²) in [5.41, 5.74) is 1.11. The van der Waals surface area contributed by atoms with E-state index < -0.39 is 6.10 Å². The van der Waals surface area contributed by atoms with Gasteiger partial charge in [-0.15, -0.1) is 0 Å². The molecule has 1 aromatic rings. The third kappa shape index (κ3) is 5.37. The van der Waals surface area contributed by atoms with E-state index in [4.69, 9.17) is 21.1 Å². The second kappa shape index (κ2) is 8.38. The lowest BCUT2D eigenvalue weighted by Gasteiger charge is -2.16. The Hall–Kier alpha value is -0.810. The van der Waals surface area contributed by atoms with Crippen LogP contribution in [0.4, 0.5) is 0 Å². The molecule has 0 aliphatic heterocycles. The fourth-order valence-corrected chi connectivity index (χ4v) is 2.00. The highest BCUT2D eigenvalue weighted by atomic mass is 35.5. The highest BCUT2D eigenvalue weighted by Crippen LogP contribution is 2.28. The Morgan fingerprint density at radius 3 is 2.68 bits per heavy atom. The summed E-state index contributed by atoms with van der Waals surface area (Å²) in [5, 5.41) is 13.4. The maximum Gasteiger partial charge on any atom is 0.138 e. The standard InChI is InChI=1S/C14H22ClNO3/c1-4-16-10(2)11-5-6-14(13(15)7-11)19-9-12(17)8-18-3/h5-7,10,12,16-17H,4,8-9H2,1-3H3. The lowest BCUT2D eigenvalue weighted by Crippen LogP contribution is -2.22. The van der Waals surface area contributed by atoms with Crippen molar-refractivity contribution in [2.45, 2.75) is 26.0 Å². The van der Waals surface area contributed by atoms with Gasteiger partial charge < -0.3 is 19.9 Å². The fraction of sp³-hybridized carbons (Fsp3) is 0.571. The fourth-order valence-electron chi connectivity index (χ4n) is 1.75. The highest BCUT2D eigenvalue weighted by molar-refractivity contribution is 6.32. The van der Waals surface area contributed by atoms with Crippen LogP contribution in [-0.4, -0.2) is 38.1 Å². The Bertz CT molecular complexity index is 387. The summed E-state index contributed by atoms with van der Waals surface area (Å²) in [7, 11) is 1.53. The highest BCUT2D eigenvalue weighted by Gasteiger charge is 2.10. The van der Waals surface area contributed by atoms with E-state index in [9.17, 15) is 5.11 Å². The minimum Gasteiger partial charge on any atom is -0.489 e. The van der Waals surface area contributed by atoms with Gasteiger partial charge in [-0.05, 0) is 31.2 Å². The summed E-state index contributed by atoms with van der Waals surface area (Å²) < 4.78 is 10.3. The van der Waals surface area contributed by atoms with Crippen LogP contribution < -0.4 is 10.1 Å². The SMILES string of the molecule is CCNC(C)c1ccc(OCC(O)COC)c(Cl)c1. The van der Waals surface area contributed by atoms with E-state index in [1.807, 2.05) is 18.2 Å². The molecule has 1 aromatic carbocycles. The van der Waals surface area contributed by atoms with Crippen molar-refractivity contribution in [3.63, 3.8) is 0 Å². The van der Waals surface area contributed by atoms with Crippen molar-refractivity contribution in [1.29, 1.82) is 0 Å². The molecule has 0 saturated heterocycles. The second-order valence-corrected chi connectivity index (χ2v) is 4.80. The summed E-state index contributed by atoms with van der Waals surface area (Å²) in [6.45, 7) is 5.45. The van der Waals surface area contributed by atoms with Crippen LogP contribution in [0.25, 0.3) is 0 Å². The topological polar surface area (TPSA) is 50.7 Å². The molecule has 0 aromatic heterocycles. The first-order valence-corrected chi connectivity index (χ1v) is 6.78. The Labute approximate surface area is 119 Å². The summed E-state index contributed by atoms with van der Waals surface area (Å²) in [6.07, 6.45) is -0.651. The lowest BCUT2D eigenvalue weighted by atomic mass is 10.1. The van der Waals surface area contributed by atoms with Gasteiger partial charge in [-0.1, -0.05) is 24.6 Å². The van der Waals surface area contributed by atoms with E-state index in [-0.39, 0.29) is 19.3 Å². The molecule has 0 heterocycles. The molecule has 0 fully saturated rings. The van der Waals surface area contributed by atoms with Crippen LogP contribution in [0.5, 0.6) is 5.75 Å². The van der Waals surface area contributed by atoms with Crippen molar-refractivity contribution in [2.75, 3.05) is 26.9 Å². The summed E-state index contributed by atoms with van der Waals surface area (Å²) in [5.74, 6) is 0.573. The van der Waals surface area contributed by atoms with Gasteiger partial charge in [-0.25, -0.2) is 0 Å². The number of benzene rings is 1. The van der Waals surface area contributed by atoms with Gasteiger partial charge in [0, 0.05) is 13.2 Å². The Kier molecular flexibility index (Phi) is 7.16. The molecule has 0 saturated carbocycles. The molecule has 2 N–H and O–H groups in total. The predicted octanol–water partition coefficient (Wildman–Crippen LogP) is 2.40. The van der Waals surface area contributed by atoms with Crippen molar-refractivity contribution < 1.29 is 14.6 Å². The normalized spacial score (nSPS) is 14.2.